The fraction of sp³-hybridized carbons (Fsp3) is 0.176. The molecule has 0 unspecified atom stereocenters. The minimum atomic E-state index is -0.106. The van der Waals surface area contributed by atoms with Gasteiger partial charge >= 0.3 is 0 Å². The number of aryl methyl sites for hydroxylation is 1. The van der Waals surface area contributed by atoms with Crippen molar-refractivity contribution in [3.63, 3.8) is 0 Å². The van der Waals surface area contributed by atoms with Crippen molar-refractivity contribution in [1.82, 2.24) is 5.32 Å². The van der Waals surface area contributed by atoms with Crippen molar-refractivity contribution in [3.8, 4) is 6.07 Å². The minimum absolute atomic E-state index is 0.106. The fourth-order valence-corrected chi connectivity index (χ4v) is 1.98. The Kier molecular flexibility index (Phi) is 4.94. The average molecular weight is 279 g/mol. The van der Waals surface area contributed by atoms with Crippen LogP contribution < -0.4 is 10.6 Å². The van der Waals surface area contributed by atoms with Crippen molar-refractivity contribution in [3.05, 3.63) is 65.2 Å². The summed E-state index contributed by atoms with van der Waals surface area (Å²) in [6.45, 7) is 2.67. The smallest absolute Gasteiger partial charge is 0.239 e. The fourth-order valence-electron chi connectivity index (χ4n) is 1.98. The van der Waals surface area contributed by atoms with Gasteiger partial charge in [-0.2, -0.15) is 5.26 Å². The molecule has 0 radical (unpaired) electrons. The van der Waals surface area contributed by atoms with Crippen LogP contribution in [0.5, 0.6) is 0 Å². The molecule has 0 saturated heterocycles. The number of nitriles is 1. The van der Waals surface area contributed by atoms with Gasteiger partial charge in [0.1, 0.15) is 6.07 Å². The first kappa shape index (κ1) is 14.6. The first-order valence-electron chi connectivity index (χ1n) is 6.75. The zero-order valence-corrected chi connectivity index (χ0v) is 11.9. The summed E-state index contributed by atoms with van der Waals surface area (Å²) in [5.41, 5.74) is 3.46. The maximum Gasteiger partial charge on any atom is 0.239 e. The summed E-state index contributed by atoms with van der Waals surface area (Å²) in [6, 6.07) is 17.2. The lowest BCUT2D eigenvalue weighted by atomic mass is 10.1. The number of anilines is 1. The zero-order chi connectivity index (χ0) is 15.1. The van der Waals surface area contributed by atoms with Gasteiger partial charge in [0.25, 0.3) is 0 Å². The van der Waals surface area contributed by atoms with E-state index < -0.39 is 0 Å². The Balaban J connectivity index is 1.86. The molecule has 2 rings (SSSR count). The number of nitrogens with zero attached hydrogens (tertiary/aromatic N) is 1. The van der Waals surface area contributed by atoms with Crippen LogP contribution >= 0.6 is 0 Å². The van der Waals surface area contributed by atoms with Crippen molar-refractivity contribution in [1.29, 1.82) is 5.26 Å². The third-order valence-electron chi connectivity index (χ3n) is 3.22. The van der Waals surface area contributed by atoms with E-state index in [0.717, 1.165) is 11.1 Å². The average Bonchev–Trinajstić information content (AvgIpc) is 2.52. The van der Waals surface area contributed by atoms with E-state index >= 15 is 0 Å². The SMILES string of the molecule is Cc1ccccc1CNC(=O)CNc1ccccc1C#N. The topological polar surface area (TPSA) is 64.9 Å². The predicted octanol–water partition coefficient (Wildman–Crippen LogP) is 2.60. The van der Waals surface area contributed by atoms with Crippen LogP contribution in [0.2, 0.25) is 0 Å². The Bertz CT molecular complexity index is 674. The Morgan fingerprint density at radius 1 is 1.14 bits per heavy atom. The second-order valence-corrected chi connectivity index (χ2v) is 4.71. The van der Waals surface area contributed by atoms with Crippen LogP contribution in [0.15, 0.2) is 48.5 Å². The van der Waals surface area contributed by atoms with E-state index in [2.05, 4.69) is 16.7 Å². The van der Waals surface area contributed by atoms with Gasteiger partial charge in [-0.1, -0.05) is 36.4 Å². The number of carbonyl (C=O) groups is 1. The summed E-state index contributed by atoms with van der Waals surface area (Å²) in [6.07, 6.45) is 0. The normalized spacial score (nSPS) is 9.71. The number of rotatable bonds is 5. The van der Waals surface area contributed by atoms with Crippen molar-refractivity contribution in [2.24, 2.45) is 0 Å². The largest absolute Gasteiger partial charge is 0.375 e. The molecule has 2 N–H and O–H groups in total. The molecule has 4 heteroatoms. The summed E-state index contributed by atoms with van der Waals surface area (Å²) >= 11 is 0. The first-order chi connectivity index (χ1) is 10.2. The lowest BCUT2D eigenvalue weighted by Gasteiger charge is -2.10. The van der Waals surface area contributed by atoms with E-state index in [9.17, 15) is 4.79 Å². The predicted molar refractivity (Wildman–Crippen MR) is 82.7 cm³/mol. The molecule has 2 aromatic rings. The summed E-state index contributed by atoms with van der Waals surface area (Å²) in [7, 11) is 0. The van der Waals surface area contributed by atoms with E-state index in [-0.39, 0.29) is 12.5 Å². The van der Waals surface area contributed by atoms with Gasteiger partial charge in [0.2, 0.25) is 5.91 Å². The number of nitrogens with one attached hydrogen (secondary N) is 2. The van der Waals surface area contributed by atoms with Crippen molar-refractivity contribution in [2.45, 2.75) is 13.5 Å². The summed E-state index contributed by atoms with van der Waals surface area (Å²) in [5.74, 6) is -0.106. The number of carbonyl (C=O) groups excluding carboxylic acids is 1. The van der Waals surface area contributed by atoms with E-state index in [4.69, 9.17) is 5.26 Å². The number of para-hydroxylation sites is 1. The van der Waals surface area contributed by atoms with Crippen LogP contribution in [-0.4, -0.2) is 12.5 Å². The molecule has 0 saturated carbocycles. The molecule has 0 fully saturated rings. The Hall–Kier alpha value is -2.80. The van der Waals surface area contributed by atoms with Crippen molar-refractivity contribution < 1.29 is 4.79 Å². The van der Waals surface area contributed by atoms with E-state index in [0.29, 0.717) is 17.8 Å². The van der Waals surface area contributed by atoms with Gasteiger partial charge in [-0.05, 0) is 30.2 Å². The third-order valence-corrected chi connectivity index (χ3v) is 3.22. The Morgan fingerprint density at radius 2 is 1.86 bits per heavy atom. The number of hydrogen-bond acceptors (Lipinski definition) is 3. The van der Waals surface area contributed by atoms with Gasteiger partial charge in [-0.15, -0.1) is 0 Å². The van der Waals surface area contributed by atoms with Crippen LogP contribution in [0, 0.1) is 18.3 Å². The highest BCUT2D eigenvalue weighted by molar-refractivity contribution is 5.81. The molecule has 0 aliphatic heterocycles. The van der Waals surface area contributed by atoms with Crippen LogP contribution in [0.25, 0.3) is 0 Å². The highest BCUT2D eigenvalue weighted by Gasteiger charge is 2.05. The van der Waals surface area contributed by atoms with E-state index in [1.54, 1.807) is 18.2 Å². The summed E-state index contributed by atoms with van der Waals surface area (Å²) in [5, 5.41) is 14.8. The second-order valence-electron chi connectivity index (χ2n) is 4.71. The van der Waals surface area contributed by atoms with Crippen LogP contribution in [0.4, 0.5) is 5.69 Å². The van der Waals surface area contributed by atoms with Crippen molar-refractivity contribution >= 4 is 11.6 Å². The van der Waals surface area contributed by atoms with E-state index in [1.807, 2.05) is 37.3 Å². The summed E-state index contributed by atoms with van der Waals surface area (Å²) < 4.78 is 0. The molecule has 4 nitrogen and oxygen atoms in total. The highest BCUT2D eigenvalue weighted by atomic mass is 16.1. The molecule has 0 heterocycles. The minimum Gasteiger partial charge on any atom is -0.375 e. The monoisotopic (exact) mass is 279 g/mol. The van der Waals surface area contributed by atoms with Crippen LogP contribution in [-0.2, 0) is 11.3 Å². The molecule has 21 heavy (non-hydrogen) atoms. The molecular formula is C17H17N3O. The molecule has 0 atom stereocenters. The molecule has 0 aliphatic carbocycles. The molecule has 2 aromatic carbocycles. The molecule has 1 amide bonds. The van der Waals surface area contributed by atoms with E-state index in [1.165, 1.54) is 0 Å². The molecule has 0 spiro atoms. The quantitative estimate of drug-likeness (QED) is 0.884. The molecular weight excluding hydrogens is 262 g/mol. The van der Waals surface area contributed by atoms with Crippen molar-refractivity contribution in [2.75, 3.05) is 11.9 Å². The van der Waals surface area contributed by atoms with Gasteiger partial charge in [-0.3, -0.25) is 4.79 Å². The standard InChI is InChI=1S/C17H17N3O/c1-13-6-2-3-8-15(13)11-20-17(21)12-19-16-9-5-4-7-14(16)10-18/h2-9,19H,11-12H2,1H3,(H,20,21). The van der Waals surface area contributed by atoms with Gasteiger partial charge < -0.3 is 10.6 Å². The second kappa shape index (κ2) is 7.11. The van der Waals surface area contributed by atoms with Gasteiger partial charge in [-0.25, -0.2) is 0 Å². The third kappa shape index (κ3) is 4.08. The molecule has 0 aliphatic rings. The lowest BCUT2D eigenvalue weighted by Crippen LogP contribution is -2.29. The number of hydrogen-bond donors (Lipinski definition) is 2. The highest BCUT2D eigenvalue weighted by Crippen LogP contribution is 2.12. The Labute approximate surface area is 124 Å². The molecule has 0 aromatic heterocycles. The van der Waals surface area contributed by atoms with Crippen LogP contribution in [0.1, 0.15) is 16.7 Å². The number of benzene rings is 2. The maximum atomic E-state index is 11.8. The maximum absolute atomic E-state index is 11.8. The Morgan fingerprint density at radius 3 is 2.62 bits per heavy atom. The van der Waals surface area contributed by atoms with Gasteiger partial charge in [0.15, 0.2) is 0 Å². The number of amides is 1. The zero-order valence-electron chi connectivity index (χ0n) is 11.9. The van der Waals surface area contributed by atoms with Gasteiger partial charge in [0.05, 0.1) is 17.8 Å². The first-order valence-corrected chi connectivity index (χ1v) is 6.75. The molecule has 0 bridgehead atoms. The lowest BCUT2D eigenvalue weighted by molar-refractivity contribution is -0.119. The summed E-state index contributed by atoms with van der Waals surface area (Å²) in [4.78, 5) is 11.8. The van der Waals surface area contributed by atoms with Crippen LogP contribution in [0.3, 0.4) is 0 Å². The van der Waals surface area contributed by atoms with Gasteiger partial charge in [0, 0.05) is 6.54 Å². The molecule has 106 valence electrons.